The summed E-state index contributed by atoms with van der Waals surface area (Å²) < 4.78 is 14.3. The van der Waals surface area contributed by atoms with Crippen LogP contribution in [-0.2, 0) is 13.2 Å². The van der Waals surface area contributed by atoms with Crippen molar-refractivity contribution in [3.05, 3.63) is 90.6 Å². The van der Waals surface area contributed by atoms with Crippen LogP contribution in [0.5, 0.6) is 11.5 Å². The highest BCUT2D eigenvalue weighted by Gasteiger charge is 2.04. The average Bonchev–Trinajstić information content (AvgIpc) is 2.62. The van der Waals surface area contributed by atoms with Gasteiger partial charge in [0, 0.05) is 7.14 Å². The monoisotopic (exact) mass is 556 g/mol. The van der Waals surface area contributed by atoms with Crippen molar-refractivity contribution in [2.45, 2.75) is 20.1 Å². The van der Waals surface area contributed by atoms with Gasteiger partial charge >= 0.3 is 0 Å². The number of benzene rings is 3. The van der Waals surface area contributed by atoms with E-state index in [-0.39, 0.29) is 0 Å². The van der Waals surface area contributed by atoms with E-state index in [1.807, 2.05) is 25.1 Å². The fourth-order valence-corrected chi connectivity index (χ4v) is 3.08. The molecule has 0 saturated carbocycles. The zero-order valence-corrected chi connectivity index (χ0v) is 18.2. The first kappa shape index (κ1) is 18.5. The van der Waals surface area contributed by atoms with Crippen LogP contribution >= 0.6 is 45.2 Å². The third-order valence-electron chi connectivity index (χ3n) is 3.77. The van der Waals surface area contributed by atoms with Crippen molar-refractivity contribution in [1.29, 1.82) is 0 Å². The molecule has 0 bridgehead atoms. The van der Waals surface area contributed by atoms with E-state index < -0.39 is 0 Å². The van der Waals surface area contributed by atoms with Crippen molar-refractivity contribution in [2.24, 2.45) is 0 Å². The minimum absolute atomic E-state index is 0.569. The van der Waals surface area contributed by atoms with E-state index in [0.717, 1.165) is 22.6 Å². The van der Waals surface area contributed by atoms with Gasteiger partial charge in [0.25, 0.3) is 0 Å². The van der Waals surface area contributed by atoms with Gasteiger partial charge in [-0.25, -0.2) is 0 Å². The summed E-state index contributed by atoms with van der Waals surface area (Å²) in [7, 11) is 0. The topological polar surface area (TPSA) is 18.5 Å². The normalized spacial score (nSPS) is 10.5. The number of halogens is 2. The minimum atomic E-state index is 0.569. The first-order chi connectivity index (χ1) is 12.1. The second-order valence-corrected chi connectivity index (χ2v) is 8.25. The molecular weight excluding hydrogens is 538 g/mol. The number of rotatable bonds is 6. The standard InChI is InChI=1S/C21H18I2O2/c1-15-12-20(24-13-16-2-6-18(22)7-3-16)10-11-21(15)25-14-17-4-8-19(23)9-5-17/h2-12H,13-14H2,1H3. The van der Waals surface area contributed by atoms with E-state index in [1.54, 1.807) is 0 Å². The predicted molar refractivity (Wildman–Crippen MR) is 118 cm³/mol. The van der Waals surface area contributed by atoms with E-state index in [4.69, 9.17) is 9.47 Å². The molecule has 2 nitrogen and oxygen atoms in total. The molecule has 0 aliphatic heterocycles. The molecule has 0 unspecified atom stereocenters. The summed E-state index contributed by atoms with van der Waals surface area (Å²) in [6, 6.07) is 22.7. The smallest absolute Gasteiger partial charge is 0.122 e. The molecule has 0 heterocycles. The second-order valence-electron chi connectivity index (χ2n) is 5.76. The number of aryl methyl sites for hydroxylation is 1. The zero-order chi connectivity index (χ0) is 17.6. The third-order valence-corrected chi connectivity index (χ3v) is 5.21. The fraction of sp³-hybridized carbons (Fsp3) is 0.143. The van der Waals surface area contributed by atoms with Crippen LogP contribution in [0.3, 0.4) is 0 Å². The first-order valence-electron chi connectivity index (χ1n) is 7.95. The highest BCUT2D eigenvalue weighted by molar-refractivity contribution is 14.1. The van der Waals surface area contributed by atoms with Crippen LogP contribution in [0.15, 0.2) is 66.7 Å². The molecule has 3 aromatic carbocycles. The number of hydrogen-bond acceptors (Lipinski definition) is 2. The Labute approximate surface area is 175 Å². The van der Waals surface area contributed by atoms with Crippen LogP contribution in [0.2, 0.25) is 0 Å². The fourth-order valence-electron chi connectivity index (χ4n) is 2.36. The summed E-state index contributed by atoms with van der Waals surface area (Å²) in [6.07, 6.45) is 0. The van der Waals surface area contributed by atoms with Crippen molar-refractivity contribution in [1.82, 2.24) is 0 Å². The molecule has 0 aromatic heterocycles. The maximum Gasteiger partial charge on any atom is 0.122 e. The van der Waals surface area contributed by atoms with Crippen molar-refractivity contribution in [3.63, 3.8) is 0 Å². The van der Waals surface area contributed by atoms with Crippen LogP contribution in [0.1, 0.15) is 16.7 Å². The molecule has 25 heavy (non-hydrogen) atoms. The van der Waals surface area contributed by atoms with Gasteiger partial charge in [0.15, 0.2) is 0 Å². The van der Waals surface area contributed by atoms with Crippen molar-refractivity contribution in [2.75, 3.05) is 0 Å². The maximum absolute atomic E-state index is 5.93. The SMILES string of the molecule is Cc1cc(OCc2ccc(I)cc2)ccc1OCc1ccc(I)cc1. The van der Waals surface area contributed by atoms with Crippen LogP contribution in [0.25, 0.3) is 0 Å². The Hall–Kier alpha value is -1.28. The molecule has 4 heteroatoms. The van der Waals surface area contributed by atoms with Crippen LogP contribution < -0.4 is 9.47 Å². The second kappa shape index (κ2) is 8.89. The van der Waals surface area contributed by atoms with E-state index in [1.165, 1.54) is 12.7 Å². The van der Waals surface area contributed by atoms with Gasteiger partial charge in [0.05, 0.1) is 0 Å². The zero-order valence-electron chi connectivity index (χ0n) is 13.8. The lowest BCUT2D eigenvalue weighted by Gasteiger charge is -2.12. The molecule has 0 aliphatic carbocycles. The average molecular weight is 556 g/mol. The largest absolute Gasteiger partial charge is 0.489 e. The summed E-state index contributed by atoms with van der Waals surface area (Å²) >= 11 is 4.61. The third kappa shape index (κ3) is 5.60. The maximum atomic E-state index is 5.93. The lowest BCUT2D eigenvalue weighted by Crippen LogP contribution is -1.99. The van der Waals surface area contributed by atoms with Gasteiger partial charge < -0.3 is 9.47 Å². The molecule has 0 aliphatic rings. The van der Waals surface area contributed by atoms with Gasteiger partial charge in [-0.2, -0.15) is 0 Å². The number of ether oxygens (including phenoxy) is 2. The summed E-state index contributed by atoms with van der Waals surface area (Å²) in [6.45, 7) is 3.18. The van der Waals surface area contributed by atoms with Gasteiger partial charge in [-0.1, -0.05) is 24.3 Å². The Balaban J connectivity index is 1.58. The molecule has 3 rings (SSSR count). The molecule has 0 saturated heterocycles. The quantitative estimate of drug-likeness (QED) is 0.329. The summed E-state index contributed by atoms with van der Waals surface area (Å²) in [4.78, 5) is 0. The Morgan fingerprint density at radius 3 is 1.72 bits per heavy atom. The summed E-state index contributed by atoms with van der Waals surface area (Å²) in [5, 5.41) is 0. The Kier molecular flexibility index (Phi) is 6.58. The van der Waals surface area contributed by atoms with E-state index in [2.05, 4.69) is 93.7 Å². The van der Waals surface area contributed by atoms with E-state index in [9.17, 15) is 0 Å². The molecule has 0 radical (unpaired) electrons. The molecule has 0 amide bonds. The van der Waals surface area contributed by atoms with Crippen LogP contribution in [0, 0.1) is 14.1 Å². The van der Waals surface area contributed by atoms with Crippen molar-refractivity contribution in [3.8, 4) is 11.5 Å². The van der Waals surface area contributed by atoms with Crippen LogP contribution in [-0.4, -0.2) is 0 Å². The molecule has 0 atom stereocenters. The minimum Gasteiger partial charge on any atom is -0.489 e. The lowest BCUT2D eigenvalue weighted by molar-refractivity contribution is 0.295. The Morgan fingerprint density at radius 1 is 0.680 bits per heavy atom. The van der Waals surface area contributed by atoms with Crippen molar-refractivity contribution >= 4 is 45.2 Å². The van der Waals surface area contributed by atoms with Gasteiger partial charge in [-0.15, -0.1) is 0 Å². The molecule has 128 valence electrons. The molecule has 0 spiro atoms. The molecular formula is C21H18I2O2. The highest BCUT2D eigenvalue weighted by Crippen LogP contribution is 2.25. The van der Waals surface area contributed by atoms with Gasteiger partial charge in [0.2, 0.25) is 0 Å². The molecule has 0 N–H and O–H groups in total. The van der Waals surface area contributed by atoms with Gasteiger partial charge in [0.1, 0.15) is 24.7 Å². The highest BCUT2D eigenvalue weighted by atomic mass is 127. The van der Waals surface area contributed by atoms with Gasteiger partial charge in [-0.05, 0) is 111 Å². The summed E-state index contributed by atoms with van der Waals surface area (Å²) in [5.41, 5.74) is 3.40. The van der Waals surface area contributed by atoms with E-state index in [0.29, 0.717) is 13.2 Å². The predicted octanol–water partition coefficient (Wildman–Crippen LogP) is 6.36. The molecule has 0 fully saturated rings. The van der Waals surface area contributed by atoms with Crippen molar-refractivity contribution < 1.29 is 9.47 Å². The Morgan fingerprint density at radius 2 is 1.20 bits per heavy atom. The van der Waals surface area contributed by atoms with Crippen LogP contribution in [0.4, 0.5) is 0 Å². The number of hydrogen-bond donors (Lipinski definition) is 0. The van der Waals surface area contributed by atoms with E-state index >= 15 is 0 Å². The first-order valence-corrected chi connectivity index (χ1v) is 10.1. The lowest BCUT2D eigenvalue weighted by atomic mass is 10.2. The van der Waals surface area contributed by atoms with Gasteiger partial charge in [-0.3, -0.25) is 0 Å². The Bertz CT molecular complexity index is 828. The summed E-state index contributed by atoms with van der Waals surface area (Å²) in [5.74, 6) is 1.75. The molecule has 3 aromatic rings.